The number of nitrogens with one attached hydrogen (secondary N) is 1. The van der Waals surface area contributed by atoms with E-state index in [2.05, 4.69) is 18.4 Å². The summed E-state index contributed by atoms with van der Waals surface area (Å²) in [5.74, 6) is -2.26. The molecule has 8 heteroatoms. The molecule has 0 saturated carbocycles. The molecule has 3 aliphatic rings. The van der Waals surface area contributed by atoms with Gasteiger partial charge < -0.3 is 15.4 Å². The van der Waals surface area contributed by atoms with Crippen molar-refractivity contribution in [3.8, 4) is 0 Å². The van der Waals surface area contributed by atoms with Crippen molar-refractivity contribution in [1.29, 1.82) is 0 Å². The first kappa shape index (κ1) is 23.2. The zero-order valence-electron chi connectivity index (χ0n) is 19.3. The molecular formula is C27H26F3N3O2. The predicted octanol–water partition coefficient (Wildman–Crippen LogP) is 4.57. The fraction of sp³-hybridized carbons (Fsp3) is 0.296. The van der Waals surface area contributed by atoms with Crippen LogP contribution < -0.4 is 10.4 Å². The van der Waals surface area contributed by atoms with Crippen molar-refractivity contribution in [2.75, 3.05) is 18.2 Å². The summed E-state index contributed by atoms with van der Waals surface area (Å²) in [4.78, 5) is 15.1. The Kier molecular flexibility index (Phi) is 6.15. The Labute approximate surface area is 201 Å². The molecule has 1 heterocycles. The molecule has 0 bridgehead atoms. The quantitative estimate of drug-likeness (QED) is 0.635. The van der Waals surface area contributed by atoms with Gasteiger partial charge in [0.15, 0.2) is 0 Å². The number of fused-ring (bicyclic) bond motifs is 1. The number of hydrogen-bond donors (Lipinski definition) is 2. The first-order valence-electron chi connectivity index (χ1n) is 11.7. The van der Waals surface area contributed by atoms with Crippen molar-refractivity contribution in [2.45, 2.75) is 26.3 Å². The number of allylic oxidation sites excluding steroid dienone is 3. The third kappa shape index (κ3) is 4.34. The Hall–Kier alpha value is -3.52. The predicted molar refractivity (Wildman–Crippen MR) is 126 cm³/mol. The largest absolute Gasteiger partial charge is 0.395 e. The number of carbonyl (C=O) groups is 1. The summed E-state index contributed by atoms with van der Waals surface area (Å²) < 4.78 is 40.8. The van der Waals surface area contributed by atoms with Crippen LogP contribution in [0.3, 0.4) is 0 Å². The van der Waals surface area contributed by atoms with Gasteiger partial charge in [-0.1, -0.05) is 6.92 Å². The van der Waals surface area contributed by atoms with Gasteiger partial charge in [-0.15, -0.1) is 0 Å². The molecule has 1 aliphatic heterocycles. The smallest absolute Gasteiger partial charge is 0.230 e. The fourth-order valence-corrected chi connectivity index (χ4v) is 5.38. The number of rotatable bonds is 6. The number of aliphatic hydroxyl groups is 1. The monoisotopic (exact) mass is 481 g/mol. The zero-order chi connectivity index (χ0) is 24.7. The lowest BCUT2D eigenvalue weighted by Crippen LogP contribution is -2.38. The van der Waals surface area contributed by atoms with Crippen LogP contribution in [0.1, 0.15) is 25.3 Å². The summed E-state index contributed by atoms with van der Waals surface area (Å²) in [6, 6.07) is 9.44. The van der Waals surface area contributed by atoms with Gasteiger partial charge >= 0.3 is 0 Å². The Morgan fingerprint density at radius 1 is 1.11 bits per heavy atom. The first-order chi connectivity index (χ1) is 16.9. The molecule has 5 rings (SSSR count). The highest BCUT2D eigenvalue weighted by Gasteiger charge is 2.41. The lowest BCUT2D eigenvalue weighted by molar-refractivity contribution is -0.135. The van der Waals surface area contributed by atoms with Gasteiger partial charge in [0.05, 0.1) is 23.9 Å². The molecule has 2 atom stereocenters. The van der Waals surface area contributed by atoms with Crippen LogP contribution in [0.25, 0.3) is 0 Å². The highest BCUT2D eigenvalue weighted by molar-refractivity contribution is 5.84. The standard InChI is InChI=1S/C27H26F3N3O2/c1-16-24-14-31-33(22-5-3-19(28)4-6-22)25(24)12-18-2-7-23(26(16)18)27(35)32(8-9-34)15-17-10-20(29)13-21(30)11-17/h3-6,10-14,16,23,31,34H,2,7-9,15H2,1H3/t16-,23-/m0/s1. The molecule has 35 heavy (non-hydrogen) atoms. The maximum atomic E-state index is 13.7. The number of amides is 1. The van der Waals surface area contributed by atoms with Crippen LogP contribution in [0.5, 0.6) is 0 Å². The average molecular weight is 482 g/mol. The second-order valence-electron chi connectivity index (χ2n) is 9.12. The van der Waals surface area contributed by atoms with E-state index in [4.69, 9.17) is 0 Å². The maximum absolute atomic E-state index is 13.7. The van der Waals surface area contributed by atoms with Crippen molar-refractivity contribution >= 4 is 11.6 Å². The number of anilines is 1. The van der Waals surface area contributed by atoms with Crippen molar-refractivity contribution in [2.24, 2.45) is 11.8 Å². The molecule has 2 aromatic rings. The number of carbonyl (C=O) groups excluding carboxylic acids is 1. The van der Waals surface area contributed by atoms with Crippen LogP contribution in [-0.2, 0) is 11.3 Å². The third-order valence-electron chi connectivity index (χ3n) is 6.94. The minimum absolute atomic E-state index is 0.0191. The number of nitrogens with zero attached hydrogens (tertiary/aromatic N) is 2. The van der Waals surface area contributed by atoms with E-state index in [9.17, 15) is 23.1 Å². The Bertz CT molecular complexity index is 1230. The topological polar surface area (TPSA) is 55.8 Å². The Balaban J connectivity index is 1.42. The molecule has 0 spiro atoms. The van der Waals surface area contributed by atoms with E-state index in [1.807, 2.05) is 11.2 Å². The molecule has 1 amide bonds. The van der Waals surface area contributed by atoms with Crippen molar-refractivity contribution in [3.63, 3.8) is 0 Å². The summed E-state index contributed by atoms with van der Waals surface area (Å²) in [6.45, 7) is 1.91. The van der Waals surface area contributed by atoms with Gasteiger partial charge in [-0.25, -0.2) is 13.2 Å². The van der Waals surface area contributed by atoms with E-state index in [1.165, 1.54) is 29.2 Å². The third-order valence-corrected chi connectivity index (χ3v) is 6.94. The molecule has 5 nitrogen and oxygen atoms in total. The fourth-order valence-electron chi connectivity index (χ4n) is 5.38. The van der Waals surface area contributed by atoms with Gasteiger partial charge in [0.1, 0.15) is 17.5 Å². The van der Waals surface area contributed by atoms with Crippen LogP contribution in [0.4, 0.5) is 18.9 Å². The highest BCUT2D eigenvalue weighted by Crippen LogP contribution is 2.48. The number of aliphatic hydroxyl groups excluding tert-OH is 1. The van der Waals surface area contributed by atoms with E-state index in [0.29, 0.717) is 12.0 Å². The van der Waals surface area contributed by atoms with Crippen molar-refractivity contribution < 1.29 is 23.1 Å². The minimum atomic E-state index is -0.702. The van der Waals surface area contributed by atoms with E-state index >= 15 is 0 Å². The van der Waals surface area contributed by atoms with Crippen molar-refractivity contribution in [1.82, 2.24) is 10.3 Å². The number of hydrazine groups is 1. The zero-order valence-corrected chi connectivity index (χ0v) is 19.3. The molecule has 0 saturated heterocycles. The van der Waals surface area contributed by atoms with Crippen LogP contribution in [-0.4, -0.2) is 29.1 Å². The number of benzene rings is 2. The van der Waals surface area contributed by atoms with Gasteiger partial charge in [-0.3, -0.25) is 9.80 Å². The number of halogens is 3. The lowest BCUT2D eigenvalue weighted by Gasteiger charge is -2.32. The molecule has 2 N–H and O–H groups in total. The normalized spacial score (nSPS) is 20.8. The average Bonchev–Trinajstić information content (AvgIpc) is 3.43. The first-order valence-corrected chi connectivity index (χ1v) is 11.7. The molecule has 2 aliphatic carbocycles. The maximum Gasteiger partial charge on any atom is 0.230 e. The molecule has 0 fully saturated rings. The van der Waals surface area contributed by atoms with Crippen LogP contribution in [0.2, 0.25) is 0 Å². The Morgan fingerprint density at radius 2 is 1.83 bits per heavy atom. The molecule has 182 valence electrons. The lowest BCUT2D eigenvalue weighted by atomic mass is 9.80. The van der Waals surface area contributed by atoms with Crippen LogP contribution in [0.15, 0.2) is 77.2 Å². The van der Waals surface area contributed by atoms with Gasteiger partial charge in [0.2, 0.25) is 5.91 Å². The SMILES string of the molecule is C[C@H]1C2=CNN(c3ccc(F)cc3)C2=CC2=C1[C@@H](C(=O)N(CCO)Cc1cc(F)cc(F)c1)CC2. The van der Waals surface area contributed by atoms with E-state index in [-0.39, 0.29) is 43.3 Å². The molecule has 2 aromatic carbocycles. The molecule has 0 unspecified atom stereocenters. The number of hydrogen-bond acceptors (Lipinski definition) is 4. The van der Waals surface area contributed by atoms with Gasteiger partial charge in [0.25, 0.3) is 0 Å². The second-order valence-corrected chi connectivity index (χ2v) is 9.12. The minimum Gasteiger partial charge on any atom is -0.395 e. The molecule has 0 aromatic heterocycles. The summed E-state index contributed by atoms with van der Waals surface area (Å²) in [7, 11) is 0. The summed E-state index contributed by atoms with van der Waals surface area (Å²) in [5, 5.41) is 11.5. The van der Waals surface area contributed by atoms with Gasteiger partial charge in [-0.2, -0.15) is 0 Å². The molecule has 0 radical (unpaired) electrons. The molecular weight excluding hydrogens is 455 g/mol. The summed E-state index contributed by atoms with van der Waals surface area (Å²) in [6.07, 6.45) is 5.35. The van der Waals surface area contributed by atoms with Crippen LogP contribution >= 0.6 is 0 Å². The Morgan fingerprint density at radius 3 is 2.51 bits per heavy atom. The van der Waals surface area contributed by atoms with E-state index in [1.54, 1.807) is 12.1 Å². The van der Waals surface area contributed by atoms with Gasteiger partial charge in [-0.05, 0) is 72.0 Å². The highest BCUT2D eigenvalue weighted by atomic mass is 19.1. The summed E-state index contributed by atoms with van der Waals surface area (Å²) >= 11 is 0. The second kappa shape index (κ2) is 9.26. The van der Waals surface area contributed by atoms with Crippen molar-refractivity contribution in [3.05, 3.63) is 100 Å². The van der Waals surface area contributed by atoms with Gasteiger partial charge in [0, 0.05) is 36.8 Å². The summed E-state index contributed by atoms with van der Waals surface area (Å²) in [5.41, 5.74) is 8.53. The van der Waals surface area contributed by atoms with Crippen LogP contribution in [0, 0.1) is 29.3 Å². The van der Waals surface area contributed by atoms with E-state index < -0.39 is 11.6 Å². The van der Waals surface area contributed by atoms with E-state index in [0.717, 1.165) is 40.6 Å².